The van der Waals surface area contributed by atoms with E-state index in [4.69, 9.17) is 16.7 Å². The van der Waals surface area contributed by atoms with Crippen molar-refractivity contribution < 1.29 is 18.3 Å². The molecule has 1 aromatic rings. The average Bonchev–Trinajstić information content (AvgIpc) is 2.38. The van der Waals surface area contributed by atoms with Crippen LogP contribution >= 0.6 is 11.6 Å². The smallest absolute Gasteiger partial charge is 0.307 e. The molecule has 2 N–H and O–H groups in total. The van der Waals surface area contributed by atoms with Crippen molar-refractivity contribution in [2.24, 2.45) is 5.92 Å². The molecule has 0 saturated carbocycles. The van der Waals surface area contributed by atoms with Gasteiger partial charge in [0.1, 0.15) is 17.3 Å². The highest BCUT2D eigenvalue weighted by molar-refractivity contribution is 7.90. The van der Waals surface area contributed by atoms with E-state index in [1.165, 1.54) is 6.07 Å². The number of rotatable bonds is 4. The summed E-state index contributed by atoms with van der Waals surface area (Å²) in [5.41, 5.74) is 0. The van der Waals surface area contributed by atoms with Gasteiger partial charge in [0.25, 0.3) is 0 Å². The monoisotopic (exact) mass is 320 g/mol. The van der Waals surface area contributed by atoms with Crippen molar-refractivity contribution in [2.45, 2.75) is 12.8 Å². The molecule has 0 amide bonds. The van der Waals surface area contributed by atoms with Gasteiger partial charge in [-0.25, -0.2) is 9.97 Å². The fourth-order valence-electron chi connectivity index (χ4n) is 1.95. The van der Waals surface area contributed by atoms with Gasteiger partial charge in [-0.3, -0.25) is 9.52 Å². The van der Waals surface area contributed by atoms with Crippen LogP contribution in [0.25, 0.3) is 0 Å². The second-order valence-corrected chi connectivity index (χ2v) is 6.43. The lowest BCUT2D eigenvalue weighted by molar-refractivity contribution is -0.142. The van der Waals surface area contributed by atoms with Crippen LogP contribution in [0.4, 0.5) is 5.82 Å². The Bertz CT molecular complexity index is 609. The normalized spacial score (nSPS) is 20.6. The van der Waals surface area contributed by atoms with Gasteiger partial charge in [-0.15, -0.1) is 0 Å². The van der Waals surface area contributed by atoms with E-state index in [9.17, 15) is 13.2 Å². The predicted octanol–water partition coefficient (Wildman–Crippen LogP) is 0.583. The number of piperidine rings is 1. The minimum atomic E-state index is -3.85. The summed E-state index contributed by atoms with van der Waals surface area (Å²) in [5, 5.41) is 9.08. The number of carboxylic acids is 1. The molecule has 1 fully saturated rings. The number of hydrogen-bond acceptors (Lipinski definition) is 5. The van der Waals surface area contributed by atoms with E-state index in [1.807, 2.05) is 0 Å². The highest BCUT2D eigenvalue weighted by atomic mass is 35.5. The molecule has 110 valence electrons. The molecule has 1 saturated heterocycles. The SMILES string of the molecule is O=C(O)C1CCCN(S(=O)(=O)Nc2cc(Cl)ncn2)C1. The number of aliphatic carboxylic acids is 1. The second-order valence-electron chi connectivity index (χ2n) is 4.37. The zero-order valence-corrected chi connectivity index (χ0v) is 11.9. The zero-order chi connectivity index (χ0) is 14.8. The maximum Gasteiger partial charge on any atom is 0.307 e. The molecule has 2 rings (SSSR count). The van der Waals surface area contributed by atoms with Gasteiger partial charge in [-0.05, 0) is 12.8 Å². The number of aromatic nitrogens is 2. The van der Waals surface area contributed by atoms with E-state index in [0.29, 0.717) is 12.8 Å². The maximum atomic E-state index is 12.2. The number of anilines is 1. The second kappa shape index (κ2) is 5.90. The molecule has 1 aliphatic heterocycles. The van der Waals surface area contributed by atoms with Crippen LogP contribution in [-0.4, -0.2) is 46.9 Å². The number of nitrogens with one attached hydrogen (secondary N) is 1. The van der Waals surface area contributed by atoms with E-state index in [-0.39, 0.29) is 24.1 Å². The predicted molar refractivity (Wildman–Crippen MR) is 71.5 cm³/mol. The summed E-state index contributed by atoms with van der Waals surface area (Å²) >= 11 is 5.65. The summed E-state index contributed by atoms with van der Waals surface area (Å²) in [5.74, 6) is -1.63. The lowest BCUT2D eigenvalue weighted by atomic mass is 10.0. The largest absolute Gasteiger partial charge is 0.481 e. The Morgan fingerprint density at radius 1 is 1.50 bits per heavy atom. The van der Waals surface area contributed by atoms with E-state index >= 15 is 0 Å². The minimum Gasteiger partial charge on any atom is -0.481 e. The Kier molecular flexibility index (Phi) is 4.41. The summed E-state index contributed by atoms with van der Waals surface area (Å²) in [7, 11) is -3.85. The molecule has 1 atom stereocenters. The molecule has 0 aromatic carbocycles. The molecule has 1 unspecified atom stereocenters. The fourth-order valence-corrected chi connectivity index (χ4v) is 3.35. The van der Waals surface area contributed by atoms with Gasteiger partial charge in [0, 0.05) is 19.2 Å². The van der Waals surface area contributed by atoms with Crippen molar-refractivity contribution >= 4 is 33.6 Å². The molecule has 1 aromatic heterocycles. The number of halogens is 1. The third-order valence-corrected chi connectivity index (χ3v) is 4.63. The standard InChI is InChI=1S/C10H13ClN4O4S/c11-8-4-9(13-6-12-8)14-20(18,19)15-3-1-2-7(5-15)10(16)17/h4,6-7H,1-3,5H2,(H,16,17)(H,12,13,14). The first kappa shape index (κ1) is 14.9. The van der Waals surface area contributed by atoms with Crippen molar-refractivity contribution in [2.75, 3.05) is 17.8 Å². The zero-order valence-electron chi connectivity index (χ0n) is 10.4. The third kappa shape index (κ3) is 3.56. The van der Waals surface area contributed by atoms with E-state index in [0.717, 1.165) is 10.6 Å². The van der Waals surface area contributed by atoms with Crippen molar-refractivity contribution in [1.82, 2.24) is 14.3 Å². The third-order valence-electron chi connectivity index (χ3n) is 2.94. The number of hydrogen-bond donors (Lipinski definition) is 2. The van der Waals surface area contributed by atoms with Gasteiger partial charge in [0.15, 0.2) is 0 Å². The van der Waals surface area contributed by atoms with Gasteiger partial charge in [-0.1, -0.05) is 11.6 Å². The molecular formula is C10H13ClN4O4S. The molecule has 0 radical (unpaired) electrons. The van der Waals surface area contributed by atoms with Gasteiger partial charge >= 0.3 is 16.2 Å². The fraction of sp³-hybridized carbons (Fsp3) is 0.500. The molecule has 10 heteroatoms. The average molecular weight is 321 g/mol. The highest BCUT2D eigenvalue weighted by Crippen LogP contribution is 2.20. The lowest BCUT2D eigenvalue weighted by Crippen LogP contribution is -2.44. The van der Waals surface area contributed by atoms with Crippen LogP contribution in [0.3, 0.4) is 0 Å². The van der Waals surface area contributed by atoms with Crippen LogP contribution in [0.5, 0.6) is 0 Å². The summed E-state index contributed by atoms with van der Waals surface area (Å²) in [6, 6.07) is 1.28. The van der Waals surface area contributed by atoms with Crippen LogP contribution in [0.15, 0.2) is 12.4 Å². The summed E-state index contributed by atoms with van der Waals surface area (Å²) in [6.07, 6.45) is 2.11. The first-order chi connectivity index (χ1) is 9.38. The van der Waals surface area contributed by atoms with E-state index in [1.54, 1.807) is 0 Å². The van der Waals surface area contributed by atoms with Crippen molar-refractivity contribution in [3.63, 3.8) is 0 Å². The van der Waals surface area contributed by atoms with E-state index in [2.05, 4.69) is 14.7 Å². The molecule has 0 spiro atoms. The Morgan fingerprint density at radius 3 is 2.90 bits per heavy atom. The summed E-state index contributed by atoms with van der Waals surface area (Å²) in [4.78, 5) is 18.3. The molecule has 0 bridgehead atoms. The Morgan fingerprint density at radius 2 is 2.25 bits per heavy atom. The topological polar surface area (TPSA) is 112 Å². The Balaban J connectivity index is 2.12. The van der Waals surface area contributed by atoms with Gasteiger partial charge in [0.05, 0.1) is 5.92 Å². The van der Waals surface area contributed by atoms with Crippen LogP contribution in [-0.2, 0) is 15.0 Å². The Labute approximate surface area is 121 Å². The van der Waals surface area contributed by atoms with Crippen LogP contribution in [0.1, 0.15) is 12.8 Å². The van der Waals surface area contributed by atoms with Crippen molar-refractivity contribution in [3.05, 3.63) is 17.5 Å². The summed E-state index contributed by atoms with van der Waals surface area (Å²) in [6.45, 7) is 0.224. The van der Waals surface area contributed by atoms with Crippen LogP contribution in [0.2, 0.25) is 5.15 Å². The minimum absolute atomic E-state index is 0.0439. The molecule has 20 heavy (non-hydrogen) atoms. The Hall–Kier alpha value is -1.45. The maximum absolute atomic E-state index is 12.2. The van der Waals surface area contributed by atoms with Gasteiger partial charge in [-0.2, -0.15) is 12.7 Å². The number of carboxylic acid groups (broad SMARTS) is 1. The van der Waals surface area contributed by atoms with E-state index < -0.39 is 22.1 Å². The van der Waals surface area contributed by atoms with Crippen LogP contribution in [0, 0.1) is 5.92 Å². The first-order valence-corrected chi connectivity index (χ1v) is 7.68. The first-order valence-electron chi connectivity index (χ1n) is 5.87. The number of carbonyl (C=O) groups is 1. The molecule has 1 aliphatic rings. The van der Waals surface area contributed by atoms with Crippen LogP contribution < -0.4 is 4.72 Å². The molecular weight excluding hydrogens is 308 g/mol. The molecule has 8 nitrogen and oxygen atoms in total. The van der Waals surface area contributed by atoms with Crippen molar-refractivity contribution in [3.8, 4) is 0 Å². The molecule has 2 heterocycles. The quantitative estimate of drug-likeness (QED) is 0.785. The number of nitrogens with zero attached hydrogens (tertiary/aromatic N) is 3. The highest BCUT2D eigenvalue weighted by Gasteiger charge is 2.32. The van der Waals surface area contributed by atoms with Gasteiger partial charge < -0.3 is 5.11 Å². The summed E-state index contributed by atoms with van der Waals surface area (Å²) < 4.78 is 27.7. The van der Waals surface area contributed by atoms with Gasteiger partial charge in [0.2, 0.25) is 0 Å². The molecule has 0 aliphatic carbocycles. The lowest BCUT2D eigenvalue weighted by Gasteiger charge is -2.29. The van der Waals surface area contributed by atoms with Crippen molar-refractivity contribution in [1.29, 1.82) is 0 Å².